The first-order chi connectivity index (χ1) is 9.88. The van der Waals surface area contributed by atoms with Crippen LogP contribution >= 0.6 is 11.6 Å². The molecule has 1 aromatic carbocycles. The second-order valence-electron chi connectivity index (χ2n) is 4.89. The first kappa shape index (κ1) is 18.2. The molecule has 0 bridgehead atoms. The highest BCUT2D eigenvalue weighted by Gasteiger charge is 2.17. The summed E-state index contributed by atoms with van der Waals surface area (Å²) in [6.07, 6.45) is 2.46. The Bertz CT molecular complexity index is 551. The summed E-state index contributed by atoms with van der Waals surface area (Å²) >= 11 is 5.76. The standard InChI is InChI=1S/C15H22ClNO3S/c1-3-13(4-2)15(18)11-17-21(19,20)10-9-12-5-7-14(16)8-6-12/h5-10,13,15,17-18H,3-4,11H2,1-2H3/b10-9+. The van der Waals surface area contributed by atoms with Crippen molar-refractivity contribution >= 4 is 27.7 Å². The maximum Gasteiger partial charge on any atom is 0.233 e. The summed E-state index contributed by atoms with van der Waals surface area (Å²) in [7, 11) is -3.56. The van der Waals surface area contributed by atoms with Gasteiger partial charge in [0.15, 0.2) is 0 Å². The zero-order valence-corrected chi connectivity index (χ0v) is 13.9. The van der Waals surface area contributed by atoms with Crippen LogP contribution in [0, 0.1) is 5.92 Å². The third-order valence-corrected chi connectivity index (χ3v) is 4.71. The van der Waals surface area contributed by atoms with Crippen LogP contribution in [-0.4, -0.2) is 26.2 Å². The highest BCUT2D eigenvalue weighted by molar-refractivity contribution is 7.92. The minimum atomic E-state index is -3.56. The number of hydrogen-bond donors (Lipinski definition) is 2. The first-order valence-electron chi connectivity index (χ1n) is 6.99. The first-order valence-corrected chi connectivity index (χ1v) is 8.91. The second-order valence-corrected chi connectivity index (χ2v) is 6.98. The fourth-order valence-corrected chi connectivity index (χ4v) is 2.95. The maximum atomic E-state index is 11.8. The molecule has 0 aliphatic heterocycles. The third kappa shape index (κ3) is 6.61. The average Bonchev–Trinajstić information content (AvgIpc) is 2.46. The monoisotopic (exact) mass is 331 g/mol. The number of sulfonamides is 1. The van der Waals surface area contributed by atoms with Crippen molar-refractivity contribution in [3.8, 4) is 0 Å². The number of rotatable bonds is 8. The van der Waals surface area contributed by atoms with Crippen molar-refractivity contribution in [2.24, 2.45) is 5.92 Å². The van der Waals surface area contributed by atoms with Gasteiger partial charge in [0, 0.05) is 17.0 Å². The highest BCUT2D eigenvalue weighted by Crippen LogP contribution is 2.13. The SMILES string of the molecule is CCC(CC)C(O)CNS(=O)(=O)/C=C/c1ccc(Cl)cc1. The number of benzene rings is 1. The van der Waals surface area contributed by atoms with Gasteiger partial charge in [-0.2, -0.15) is 0 Å². The minimum absolute atomic E-state index is 0.0274. The van der Waals surface area contributed by atoms with Gasteiger partial charge in [-0.1, -0.05) is 50.4 Å². The molecule has 2 N–H and O–H groups in total. The molecular weight excluding hydrogens is 310 g/mol. The average molecular weight is 332 g/mol. The fourth-order valence-electron chi connectivity index (χ4n) is 1.99. The van der Waals surface area contributed by atoms with E-state index < -0.39 is 16.1 Å². The van der Waals surface area contributed by atoms with E-state index in [1.165, 1.54) is 6.08 Å². The molecule has 1 rings (SSSR count). The van der Waals surface area contributed by atoms with E-state index in [0.29, 0.717) is 5.02 Å². The summed E-state index contributed by atoms with van der Waals surface area (Å²) in [5.41, 5.74) is 0.741. The van der Waals surface area contributed by atoms with Gasteiger partial charge in [0.2, 0.25) is 10.0 Å². The van der Waals surface area contributed by atoms with Gasteiger partial charge < -0.3 is 5.11 Å². The Labute approximate surface area is 131 Å². The van der Waals surface area contributed by atoms with E-state index in [1.807, 2.05) is 13.8 Å². The summed E-state index contributed by atoms with van der Waals surface area (Å²) in [5, 5.41) is 11.6. The van der Waals surface area contributed by atoms with Gasteiger partial charge in [-0.3, -0.25) is 0 Å². The van der Waals surface area contributed by atoms with Gasteiger partial charge in [0.25, 0.3) is 0 Å². The molecule has 0 spiro atoms. The molecule has 1 unspecified atom stereocenters. The van der Waals surface area contributed by atoms with E-state index in [-0.39, 0.29) is 12.5 Å². The van der Waals surface area contributed by atoms with Gasteiger partial charge >= 0.3 is 0 Å². The second kappa shape index (κ2) is 8.54. The predicted molar refractivity (Wildman–Crippen MR) is 87.5 cm³/mol. The lowest BCUT2D eigenvalue weighted by Crippen LogP contribution is -2.35. The van der Waals surface area contributed by atoms with Crippen LogP contribution in [0.3, 0.4) is 0 Å². The number of aliphatic hydroxyl groups is 1. The molecule has 0 aliphatic carbocycles. The number of aliphatic hydroxyl groups excluding tert-OH is 1. The Kier molecular flexibility index (Phi) is 7.39. The van der Waals surface area contributed by atoms with Crippen LogP contribution < -0.4 is 4.72 Å². The minimum Gasteiger partial charge on any atom is -0.391 e. The van der Waals surface area contributed by atoms with Gasteiger partial charge in [0.05, 0.1) is 6.10 Å². The van der Waals surface area contributed by atoms with Crippen molar-refractivity contribution in [1.82, 2.24) is 4.72 Å². The molecule has 1 aromatic rings. The molecule has 0 saturated carbocycles. The Hall–Kier alpha value is -0.880. The summed E-state index contributed by atoms with van der Waals surface area (Å²) in [4.78, 5) is 0. The summed E-state index contributed by atoms with van der Waals surface area (Å²) in [6.45, 7) is 3.98. The molecule has 4 nitrogen and oxygen atoms in total. The van der Waals surface area contributed by atoms with E-state index in [4.69, 9.17) is 11.6 Å². The summed E-state index contributed by atoms with van der Waals surface area (Å²) in [5.74, 6) is 0.105. The van der Waals surface area contributed by atoms with Crippen molar-refractivity contribution in [3.05, 3.63) is 40.3 Å². The third-order valence-electron chi connectivity index (χ3n) is 3.40. The summed E-state index contributed by atoms with van der Waals surface area (Å²) < 4.78 is 26.1. The Morgan fingerprint density at radius 2 is 1.81 bits per heavy atom. The Morgan fingerprint density at radius 1 is 1.24 bits per heavy atom. The lowest BCUT2D eigenvalue weighted by Gasteiger charge is -2.19. The Balaban J connectivity index is 2.59. The quantitative estimate of drug-likeness (QED) is 0.769. The van der Waals surface area contributed by atoms with E-state index in [0.717, 1.165) is 23.8 Å². The molecule has 0 heterocycles. The zero-order valence-electron chi connectivity index (χ0n) is 12.3. The number of nitrogens with one attached hydrogen (secondary N) is 1. The van der Waals surface area contributed by atoms with Crippen LogP contribution in [-0.2, 0) is 10.0 Å². The van der Waals surface area contributed by atoms with Crippen molar-refractivity contribution in [3.63, 3.8) is 0 Å². The lowest BCUT2D eigenvalue weighted by atomic mass is 9.97. The molecule has 0 fully saturated rings. The molecule has 0 radical (unpaired) electrons. The lowest BCUT2D eigenvalue weighted by molar-refractivity contribution is 0.107. The predicted octanol–water partition coefficient (Wildman–Crippen LogP) is 3.03. The van der Waals surface area contributed by atoms with Gasteiger partial charge in [0.1, 0.15) is 0 Å². The number of halogens is 1. The van der Waals surface area contributed by atoms with E-state index in [2.05, 4.69) is 4.72 Å². The van der Waals surface area contributed by atoms with E-state index in [9.17, 15) is 13.5 Å². The van der Waals surface area contributed by atoms with Crippen LogP contribution in [0.4, 0.5) is 0 Å². The van der Waals surface area contributed by atoms with Crippen molar-refractivity contribution in [1.29, 1.82) is 0 Å². The molecule has 0 aromatic heterocycles. The fraction of sp³-hybridized carbons (Fsp3) is 0.467. The van der Waals surface area contributed by atoms with Crippen molar-refractivity contribution in [2.75, 3.05) is 6.54 Å². The molecule has 6 heteroatoms. The van der Waals surface area contributed by atoms with Crippen LogP contribution in [0.15, 0.2) is 29.7 Å². The molecule has 1 atom stereocenters. The molecule has 21 heavy (non-hydrogen) atoms. The van der Waals surface area contributed by atoms with Gasteiger partial charge in [-0.05, 0) is 29.7 Å². The molecule has 0 saturated heterocycles. The van der Waals surface area contributed by atoms with Gasteiger partial charge in [-0.25, -0.2) is 13.1 Å². The maximum absolute atomic E-state index is 11.8. The molecular formula is C15H22ClNO3S. The smallest absolute Gasteiger partial charge is 0.233 e. The molecule has 0 amide bonds. The molecule has 118 valence electrons. The van der Waals surface area contributed by atoms with Crippen LogP contribution in [0.2, 0.25) is 5.02 Å². The normalized spacial score (nSPS) is 14.0. The van der Waals surface area contributed by atoms with Crippen molar-refractivity contribution < 1.29 is 13.5 Å². The van der Waals surface area contributed by atoms with Crippen LogP contribution in [0.25, 0.3) is 6.08 Å². The largest absolute Gasteiger partial charge is 0.391 e. The zero-order chi connectivity index (χ0) is 15.9. The van der Waals surface area contributed by atoms with Crippen LogP contribution in [0.1, 0.15) is 32.3 Å². The summed E-state index contributed by atoms with van der Waals surface area (Å²) in [6, 6.07) is 6.84. The topological polar surface area (TPSA) is 66.4 Å². The van der Waals surface area contributed by atoms with Crippen LogP contribution in [0.5, 0.6) is 0 Å². The Morgan fingerprint density at radius 3 is 2.33 bits per heavy atom. The van der Waals surface area contributed by atoms with E-state index in [1.54, 1.807) is 24.3 Å². The van der Waals surface area contributed by atoms with Gasteiger partial charge in [-0.15, -0.1) is 0 Å². The van der Waals surface area contributed by atoms with E-state index >= 15 is 0 Å². The molecule has 0 aliphatic rings. The van der Waals surface area contributed by atoms with Crippen molar-refractivity contribution in [2.45, 2.75) is 32.8 Å². The highest BCUT2D eigenvalue weighted by atomic mass is 35.5. The number of hydrogen-bond acceptors (Lipinski definition) is 3.